The summed E-state index contributed by atoms with van der Waals surface area (Å²) in [5.41, 5.74) is -0.950. The Morgan fingerprint density at radius 1 is 1.25 bits per heavy atom. The number of methoxy groups -OCH3 is 1. The van der Waals surface area contributed by atoms with Gasteiger partial charge < -0.3 is 19.2 Å². The number of hydrogen-bond donors (Lipinski definition) is 2. The zero-order valence-corrected chi connectivity index (χ0v) is 14.4. The standard InChI is InChI=1S/C18H13N3O7/c1-27-18(24)11-4-2-10(3-5-11)13-8-6-12(28-13)7-9-14-19-16(22)15(21(25)26)17(23)20-14/h2-9H,1H3,(H2,19,20,22,23)/b9-7-. The van der Waals surface area contributed by atoms with Gasteiger partial charge in [-0.25, -0.2) is 4.79 Å². The molecule has 0 aliphatic heterocycles. The van der Waals surface area contributed by atoms with E-state index in [4.69, 9.17) is 4.42 Å². The van der Waals surface area contributed by atoms with Gasteiger partial charge in [0.25, 0.3) is 5.88 Å². The van der Waals surface area contributed by atoms with Gasteiger partial charge >= 0.3 is 17.2 Å². The topological polar surface area (TPSA) is 149 Å². The SMILES string of the molecule is COC(=O)c1ccc(-c2ccc(/C=C\c3nc(O)c([N+](=O)[O-])c(=O)[nH]3)o2)cc1. The van der Waals surface area contributed by atoms with Gasteiger partial charge in [-0.3, -0.25) is 14.9 Å². The Hall–Kier alpha value is -4.21. The first kappa shape index (κ1) is 18.6. The number of rotatable bonds is 5. The molecule has 0 saturated carbocycles. The van der Waals surface area contributed by atoms with Crippen LogP contribution in [0.5, 0.6) is 5.88 Å². The molecule has 28 heavy (non-hydrogen) atoms. The molecule has 0 fully saturated rings. The summed E-state index contributed by atoms with van der Waals surface area (Å²) in [6.45, 7) is 0. The number of aromatic hydroxyl groups is 1. The number of aromatic nitrogens is 2. The number of carbonyl (C=O) groups excluding carboxylic acids is 1. The highest BCUT2D eigenvalue weighted by Gasteiger charge is 2.21. The number of aromatic amines is 1. The molecule has 0 radical (unpaired) electrons. The number of nitrogens with one attached hydrogen (secondary N) is 1. The molecule has 2 N–H and O–H groups in total. The lowest BCUT2D eigenvalue weighted by atomic mass is 10.1. The molecule has 0 amide bonds. The monoisotopic (exact) mass is 383 g/mol. The average molecular weight is 383 g/mol. The fourth-order valence-electron chi connectivity index (χ4n) is 2.36. The first-order valence-corrected chi connectivity index (χ1v) is 7.83. The van der Waals surface area contributed by atoms with Crippen LogP contribution in [-0.2, 0) is 4.74 Å². The molecule has 3 rings (SSSR count). The van der Waals surface area contributed by atoms with Crippen LogP contribution in [0.2, 0.25) is 0 Å². The van der Waals surface area contributed by atoms with E-state index in [-0.39, 0.29) is 5.82 Å². The second kappa shape index (κ2) is 7.58. The first-order chi connectivity index (χ1) is 13.4. The Balaban J connectivity index is 1.80. The van der Waals surface area contributed by atoms with Crippen molar-refractivity contribution in [2.75, 3.05) is 7.11 Å². The number of benzene rings is 1. The molecule has 0 unspecified atom stereocenters. The third-order valence-corrected chi connectivity index (χ3v) is 3.70. The summed E-state index contributed by atoms with van der Waals surface area (Å²) in [7, 11) is 1.30. The fraction of sp³-hybridized carbons (Fsp3) is 0.0556. The lowest BCUT2D eigenvalue weighted by Crippen LogP contribution is -2.14. The van der Waals surface area contributed by atoms with Gasteiger partial charge in [-0.05, 0) is 36.4 Å². The van der Waals surface area contributed by atoms with E-state index in [9.17, 15) is 24.8 Å². The van der Waals surface area contributed by atoms with Crippen LogP contribution in [-0.4, -0.2) is 33.1 Å². The number of esters is 1. The Labute approximate surface area is 156 Å². The van der Waals surface area contributed by atoms with Gasteiger partial charge in [0.05, 0.1) is 17.6 Å². The summed E-state index contributed by atoms with van der Waals surface area (Å²) in [6, 6.07) is 9.97. The largest absolute Gasteiger partial charge is 0.488 e. The molecule has 0 spiro atoms. The van der Waals surface area contributed by atoms with Crippen LogP contribution in [0.15, 0.2) is 45.6 Å². The van der Waals surface area contributed by atoms with Crippen molar-refractivity contribution in [3.63, 3.8) is 0 Å². The smallest absolute Gasteiger partial charge is 0.395 e. The van der Waals surface area contributed by atoms with Crippen molar-refractivity contribution in [1.82, 2.24) is 9.97 Å². The minimum atomic E-state index is -1.07. The number of H-pyrrole nitrogens is 1. The first-order valence-electron chi connectivity index (χ1n) is 7.83. The molecule has 142 valence electrons. The van der Waals surface area contributed by atoms with Crippen molar-refractivity contribution in [3.05, 3.63) is 74.0 Å². The highest BCUT2D eigenvalue weighted by molar-refractivity contribution is 5.89. The predicted octanol–water partition coefficient (Wildman–Crippen LogP) is 2.60. The summed E-state index contributed by atoms with van der Waals surface area (Å²) in [6.07, 6.45) is 2.80. The average Bonchev–Trinajstić information content (AvgIpc) is 3.14. The van der Waals surface area contributed by atoms with Crippen LogP contribution < -0.4 is 5.56 Å². The van der Waals surface area contributed by atoms with Crippen LogP contribution >= 0.6 is 0 Å². The third-order valence-electron chi connectivity index (χ3n) is 3.70. The molecule has 1 aromatic carbocycles. The summed E-state index contributed by atoms with van der Waals surface area (Å²) in [5, 5.41) is 20.2. The van der Waals surface area contributed by atoms with E-state index in [1.807, 2.05) is 0 Å². The van der Waals surface area contributed by atoms with Crippen LogP contribution in [0.3, 0.4) is 0 Å². The van der Waals surface area contributed by atoms with Crippen molar-refractivity contribution in [1.29, 1.82) is 0 Å². The van der Waals surface area contributed by atoms with Crippen molar-refractivity contribution < 1.29 is 24.0 Å². The van der Waals surface area contributed by atoms with Crippen molar-refractivity contribution in [2.45, 2.75) is 0 Å². The highest BCUT2D eigenvalue weighted by Crippen LogP contribution is 2.24. The van der Waals surface area contributed by atoms with Crippen LogP contribution in [0, 0.1) is 10.1 Å². The lowest BCUT2D eigenvalue weighted by Gasteiger charge is -2.00. The number of hydrogen-bond acceptors (Lipinski definition) is 8. The summed E-state index contributed by atoms with van der Waals surface area (Å²) >= 11 is 0. The maximum absolute atomic E-state index is 11.6. The normalized spacial score (nSPS) is 10.9. The minimum absolute atomic E-state index is 0.0755. The highest BCUT2D eigenvalue weighted by atomic mass is 16.6. The van der Waals surface area contributed by atoms with E-state index in [0.29, 0.717) is 17.1 Å². The fourth-order valence-corrected chi connectivity index (χ4v) is 2.36. The Bertz CT molecular complexity index is 1130. The van der Waals surface area contributed by atoms with Gasteiger partial charge in [0.15, 0.2) is 0 Å². The van der Waals surface area contributed by atoms with E-state index >= 15 is 0 Å². The molecule has 3 aromatic rings. The maximum Gasteiger partial charge on any atom is 0.395 e. The number of furan rings is 1. The maximum atomic E-state index is 11.6. The zero-order valence-electron chi connectivity index (χ0n) is 14.4. The van der Waals surface area contributed by atoms with Crippen molar-refractivity contribution >= 4 is 23.8 Å². The van der Waals surface area contributed by atoms with E-state index in [0.717, 1.165) is 5.56 Å². The van der Waals surface area contributed by atoms with Gasteiger partial charge in [-0.15, -0.1) is 0 Å². The van der Waals surface area contributed by atoms with Gasteiger partial charge in [0.1, 0.15) is 17.3 Å². The lowest BCUT2D eigenvalue weighted by molar-refractivity contribution is -0.387. The van der Waals surface area contributed by atoms with Crippen LogP contribution in [0.4, 0.5) is 5.69 Å². The van der Waals surface area contributed by atoms with Gasteiger partial charge in [-0.2, -0.15) is 4.98 Å². The number of nitro groups is 1. The molecule has 0 aliphatic rings. The summed E-state index contributed by atoms with van der Waals surface area (Å²) in [5.74, 6) is -0.549. The summed E-state index contributed by atoms with van der Waals surface area (Å²) < 4.78 is 10.3. The molecular formula is C18H13N3O7. The molecular weight excluding hydrogens is 370 g/mol. The third kappa shape index (κ3) is 3.80. The second-order valence-corrected chi connectivity index (χ2v) is 5.48. The molecule has 0 saturated heterocycles. The minimum Gasteiger partial charge on any atom is -0.488 e. The van der Waals surface area contributed by atoms with Crippen LogP contribution in [0.25, 0.3) is 23.5 Å². The number of carbonyl (C=O) groups is 1. The molecule has 10 heteroatoms. The molecule has 0 atom stereocenters. The van der Waals surface area contributed by atoms with Gasteiger partial charge in [-0.1, -0.05) is 12.1 Å². The van der Waals surface area contributed by atoms with E-state index < -0.39 is 28.0 Å². The Morgan fingerprint density at radius 2 is 1.96 bits per heavy atom. The van der Waals surface area contributed by atoms with E-state index in [1.165, 1.54) is 19.3 Å². The van der Waals surface area contributed by atoms with Crippen molar-refractivity contribution in [2.24, 2.45) is 0 Å². The van der Waals surface area contributed by atoms with E-state index in [2.05, 4.69) is 14.7 Å². The van der Waals surface area contributed by atoms with Crippen molar-refractivity contribution in [3.8, 4) is 17.2 Å². The molecule has 10 nitrogen and oxygen atoms in total. The second-order valence-electron chi connectivity index (χ2n) is 5.48. The Kier molecular flexibility index (Phi) is 5.03. The van der Waals surface area contributed by atoms with Gasteiger partial charge in [0.2, 0.25) is 0 Å². The number of nitrogens with zero attached hydrogens (tertiary/aromatic N) is 2. The molecule has 2 aromatic heterocycles. The zero-order chi connectivity index (χ0) is 20.3. The predicted molar refractivity (Wildman–Crippen MR) is 97.6 cm³/mol. The number of ether oxygens (including phenoxy) is 1. The Morgan fingerprint density at radius 3 is 2.57 bits per heavy atom. The van der Waals surface area contributed by atoms with Crippen LogP contribution in [0.1, 0.15) is 21.9 Å². The summed E-state index contributed by atoms with van der Waals surface area (Å²) in [4.78, 5) is 38.5. The van der Waals surface area contributed by atoms with E-state index in [1.54, 1.807) is 36.4 Å². The quantitative estimate of drug-likeness (QED) is 0.388. The van der Waals surface area contributed by atoms with Gasteiger partial charge in [0, 0.05) is 5.56 Å². The molecule has 0 bridgehead atoms. The molecule has 2 heterocycles. The molecule has 0 aliphatic carbocycles.